The van der Waals surface area contributed by atoms with Crippen LogP contribution in [0.1, 0.15) is 21.6 Å². The summed E-state index contributed by atoms with van der Waals surface area (Å²) >= 11 is 5.58. The highest BCUT2D eigenvalue weighted by atomic mass is 32.2. The number of fused-ring (bicyclic) bond motifs is 1. The van der Waals surface area contributed by atoms with E-state index >= 15 is 0 Å². The molecule has 3 nitrogen and oxygen atoms in total. The molecular formula is C19H17NO2S3. The van der Waals surface area contributed by atoms with Gasteiger partial charge in [-0.1, -0.05) is 24.3 Å². The minimum absolute atomic E-state index is 0.211. The van der Waals surface area contributed by atoms with Crippen LogP contribution in [0.4, 0.5) is 0 Å². The number of esters is 1. The summed E-state index contributed by atoms with van der Waals surface area (Å²) in [6, 6.07) is 15.9. The number of para-hydroxylation sites is 1. The highest BCUT2D eigenvalue weighted by Crippen LogP contribution is 2.45. The number of ether oxygens (including phenoxy) is 1. The Morgan fingerprint density at radius 3 is 2.60 bits per heavy atom. The predicted molar refractivity (Wildman–Crippen MR) is 108 cm³/mol. The number of rotatable bonds is 5. The van der Waals surface area contributed by atoms with E-state index in [4.69, 9.17) is 4.74 Å². The van der Waals surface area contributed by atoms with Crippen LogP contribution in [0, 0.1) is 0 Å². The molecule has 1 fully saturated rings. The molecule has 2 heterocycles. The van der Waals surface area contributed by atoms with E-state index in [-0.39, 0.29) is 5.97 Å². The van der Waals surface area contributed by atoms with Gasteiger partial charge in [0.25, 0.3) is 0 Å². The fourth-order valence-electron chi connectivity index (χ4n) is 2.66. The fourth-order valence-corrected chi connectivity index (χ4v) is 6.49. The minimum atomic E-state index is -0.211. The second kappa shape index (κ2) is 7.81. The van der Waals surface area contributed by atoms with Gasteiger partial charge < -0.3 is 4.74 Å². The monoisotopic (exact) mass is 387 g/mol. The van der Waals surface area contributed by atoms with Crippen molar-refractivity contribution in [2.45, 2.75) is 17.4 Å². The molecule has 0 unspecified atom stereocenters. The molecule has 1 aliphatic heterocycles. The van der Waals surface area contributed by atoms with Crippen LogP contribution in [0.3, 0.4) is 0 Å². The Kier molecular flexibility index (Phi) is 5.29. The zero-order valence-electron chi connectivity index (χ0n) is 13.5. The average molecular weight is 388 g/mol. The molecule has 4 rings (SSSR count). The second-order valence-electron chi connectivity index (χ2n) is 5.69. The number of carbonyl (C=O) groups excluding carboxylic acids is 1. The van der Waals surface area contributed by atoms with Crippen LogP contribution in [0.25, 0.3) is 10.2 Å². The molecule has 3 aromatic rings. The first kappa shape index (κ1) is 16.9. The zero-order chi connectivity index (χ0) is 17.1. The number of nitrogens with zero attached hydrogens (tertiary/aromatic N) is 1. The molecular weight excluding hydrogens is 370 g/mol. The maximum absolute atomic E-state index is 12.1. The van der Waals surface area contributed by atoms with Gasteiger partial charge in [-0.3, -0.25) is 4.79 Å². The maximum atomic E-state index is 12.1. The lowest BCUT2D eigenvalue weighted by Gasteiger charge is -2.09. The number of hydrogen-bond acceptors (Lipinski definition) is 6. The fraction of sp³-hybridized carbons (Fsp3) is 0.263. The van der Waals surface area contributed by atoms with Gasteiger partial charge in [0, 0.05) is 17.9 Å². The number of benzene rings is 2. The Morgan fingerprint density at radius 1 is 1.08 bits per heavy atom. The first-order valence-electron chi connectivity index (χ1n) is 8.16. The largest absolute Gasteiger partial charge is 0.427 e. The summed E-state index contributed by atoms with van der Waals surface area (Å²) in [6.07, 6.45) is 0.960. The SMILES string of the molecule is O=C(CCc1nc2ccccc2s1)Oc1ccc(C2SCCS2)cc1. The molecule has 0 amide bonds. The van der Waals surface area contributed by atoms with E-state index in [0.717, 1.165) is 15.2 Å². The highest BCUT2D eigenvalue weighted by molar-refractivity contribution is 8.19. The Balaban J connectivity index is 1.32. The quantitative estimate of drug-likeness (QED) is 0.438. The van der Waals surface area contributed by atoms with Crippen LogP contribution < -0.4 is 4.74 Å². The summed E-state index contributed by atoms with van der Waals surface area (Å²) in [5.41, 5.74) is 2.29. The van der Waals surface area contributed by atoms with Gasteiger partial charge in [-0.15, -0.1) is 34.9 Å². The number of aryl methyl sites for hydroxylation is 1. The molecule has 1 aromatic heterocycles. The topological polar surface area (TPSA) is 39.2 Å². The zero-order valence-corrected chi connectivity index (χ0v) is 16.0. The standard InChI is InChI=1S/C19H17NO2S3/c21-18(10-9-17-20-15-3-1-2-4-16(15)25-17)22-14-7-5-13(6-8-14)19-23-11-12-24-19/h1-8,19H,9-12H2. The van der Waals surface area contributed by atoms with Crippen LogP contribution in [0.2, 0.25) is 0 Å². The summed E-state index contributed by atoms with van der Waals surface area (Å²) in [7, 11) is 0. The van der Waals surface area contributed by atoms with Gasteiger partial charge in [0.1, 0.15) is 5.75 Å². The lowest BCUT2D eigenvalue weighted by Crippen LogP contribution is -2.09. The van der Waals surface area contributed by atoms with Crippen molar-refractivity contribution < 1.29 is 9.53 Å². The molecule has 0 saturated carbocycles. The van der Waals surface area contributed by atoms with Crippen LogP contribution in [0.5, 0.6) is 5.75 Å². The van der Waals surface area contributed by atoms with Crippen molar-refractivity contribution in [3.63, 3.8) is 0 Å². The number of aromatic nitrogens is 1. The van der Waals surface area contributed by atoms with Gasteiger partial charge >= 0.3 is 5.97 Å². The number of thiazole rings is 1. The molecule has 1 saturated heterocycles. The molecule has 25 heavy (non-hydrogen) atoms. The molecule has 128 valence electrons. The lowest BCUT2D eigenvalue weighted by atomic mass is 10.2. The van der Waals surface area contributed by atoms with Crippen molar-refractivity contribution in [2.24, 2.45) is 0 Å². The Hall–Kier alpha value is -1.50. The second-order valence-corrected chi connectivity index (χ2v) is 9.53. The van der Waals surface area contributed by atoms with E-state index < -0.39 is 0 Å². The van der Waals surface area contributed by atoms with E-state index in [1.807, 2.05) is 53.9 Å². The van der Waals surface area contributed by atoms with Gasteiger partial charge in [-0.2, -0.15) is 0 Å². The van der Waals surface area contributed by atoms with Crippen LogP contribution in [-0.4, -0.2) is 22.5 Å². The Labute approximate surface area is 159 Å². The summed E-state index contributed by atoms with van der Waals surface area (Å²) in [4.78, 5) is 16.6. The van der Waals surface area contributed by atoms with Crippen molar-refractivity contribution in [3.05, 3.63) is 59.1 Å². The molecule has 0 bridgehead atoms. The van der Waals surface area contributed by atoms with Gasteiger partial charge in [0.15, 0.2) is 0 Å². The molecule has 0 aliphatic carbocycles. The van der Waals surface area contributed by atoms with Crippen molar-refractivity contribution in [1.82, 2.24) is 4.98 Å². The number of thioether (sulfide) groups is 2. The third-order valence-corrected chi connectivity index (χ3v) is 8.09. The van der Waals surface area contributed by atoms with E-state index in [1.165, 1.54) is 17.1 Å². The first-order valence-corrected chi connectivity index (χ1v) is 11.1. The summed E-state index contributed by atoms with van der Waals surface area (Å²) in [6.45, 7) is 0. The van der Waals surface area contributed by atoms with Gasteiger partial charge in [-0.05, 0) is 29.8 Å². The van der Waals surface area contributed by atoms with Crippen LogP contribution in [0.15, 0.2) is 48.5 Å². The summed E-state index contributed by atoms with van der Waals surface area (Å²) < 4.78 is 7.13. The minimum Gasteiger partial charge on any atom is -0.427 e. The van der Waals surface area contributed by atoms with Crippen LogP contribution >= 0.6 is 34.9 Å². The maximum Gasteiger partial charge on any atom is 0.311 e. The molecule has 1 aliphatic rings. The molecule has 6 heteroatoms. The average Bonchev–Trinajstić information content (AvgIpc) is 3.30. The highest BCUT2D eigenvalue weighted by Gasteiger charge is 2.18. The number of carbonyl (C=O) groups is 1. The Morgan fingerprint density at radius 2 is 1.84 bits per heavy atom. The van der Waals surface area contributed by atoms with Crippen molar-refractivity contribution in [2.75, 3.05) is 11.5 Å². The molecule has 0 atom stereocenters. The van der Waals surface area contributed by atoms with Gasteiger partial charge in [-0.25, -0.2) is 4.98 Å². The molecule has 2 aromatic carbocycles. The first-order chi connectivity index (χ1) is 12.3. The summed E-state index contributed by atoms with van der Waals surface area (Å²) in [5, 5.41) is 0.976. The van der Waals surface area contributed by atoms with Gasteiger partial charge in [0.2, 0.25) is 0 Å². The lowest BCUT2D eigenvalue weighted by molar-refractivity contribution is -0.134. The van der Waals surface area contributed by atoms with Crippen molar-refractivity contribution in [1.29, 1.82) is 0 Å². The Bertz CT molecular complexity index is 837. The van der Waals surface area contributed by atoms with Crippen molar-refractivity contribution in [3.8, 4) is 5.75 Å². The third-order valence-electron chi connectivity index (χ3n) is 3.89. The van der Waals surface area contributed by atoms with E-state index in [0.29, 0.717) is 23.2 Å². The van der Waals surface area contributed by atoms with Gasteiger partial charge in [0.05, 0.1) is 26.2 Å². The molecule has 0 N–H and O–H groups in total. The van der Waals surface area contributed by atoms with E-state index in [9.17, 15) is 4.79 Å². The third kappa shape index (κ3) is 4.19. The van der Waals surface area contributed by atoms with E-state index in [2.05, 4.69) is 23.2 Å². The smallest absolute Gasteiger partial charge is 0.311 e. The van der Waals surface area contributed by atoms with Crippen molar-refractivity contribution >= 4 is 51.0 Å². The predicted octanol–water partition coefficient (Wildman–Crippen LogP) is 5.31. The normalized spacial score (nSPS) is 14.9. The molecule has 0 radical (unpaired) electrons. The number of hydrogen-bond donors (Lipinski definition) is 0. The van der Waals surface area contributed by atoms with E-state index in [1.54, 1.807) is 11.3 Å². The van der Waals surface area contributed by atoms with Crippen LogP contribution in [-0.2, 0) is 11.2 Å². The summed E-state index contributed by atoms with van der Waals surface area (Å²) in [5.74, 6) is 2.82. The molecule has 0 spiro atoms.